The first-order valence-corrected chi connectivity index (χ1v) is 5.67. The van der Waals surface area contributed by atoms with Crippen molar-refractivity contribution < 1.29 is 4.74 Å². The molecule has 0 amide bonds. The maximum Gasteiger partial charge on any atom is 0.225 e. The second kappa shape index (κ2) is 5.23. The predicted octanol–water partition coefficient (Wildman–Crippen LogP) is 0.550. The Morgan fingerprint density at radius 3 is 2.94 bits per heavy atom. The third-order valence-corrected chi connectivity index (χ3v) is 2.66. The Morgan fingerprint density at radius 1 is 1.50 bits per heavy atom. The molecule has 0 radical (unpaired) electrons. The van der Waals surface area contributed by atoms with E-state index < -0.39 is 0 Å². The van der Waals surface area contributed by atoms with Crippen LogP contribution in [0.4, 0.5) is 5.95 Å². The van der Waals surface area contributed by atoms with E-state index in [9.17, 15) is 0 Å². The Hall–Kier alpha value is -1.20. The first kappa shape index (κ1) is 11.3. The molecule has 2 rings (SSSR count). The van der Waals surface area contributed by atoms with Crippen LogP contribution in [-0.4, -0.2) is 35.8 Å². The molecule has 1 aromatic heterocycles. The molecule has 1 fully saturated rings. The van der Waals surface area contributed by atoms with Gasteiger partial charge in [0.25, 0.3) is 0 Å². The van der Waals surface area contributed by atoms with Crippen LogP contribution in [0.1, 0.15) is 18.9 Å². The lowest BCUT2D eigenvalue weighted by atomic mass is 10.3. The van der Waals surface area contributed by atoms with Gasteiger partial charge in [0.05, 0.1) is 6.10 Å². The fourth-order valence-corrected chi connectivity index (χ4v) is 1.79. The number of nitrogens with zero attached hydrogens (tertiary/aromatic N) is 3. The van der Waals surface area contributed by atoms with Gasteiger partial charge in [-0.05, 0) is 13.3 Å². The summed E-state index contributed by atoms with van der Waals surface area (Å²) in [6.45, 7) is 5.18. The number of hydrogen-bond donors (Lipinski definition) is 1. The minimum atomic E-state index is 0.236. The monoisotopic (exact) mass is 222 g/mol. The van der Waals surface area contributed by atoms with Crippen LogP contribution >= 0.6 is 0 Å². The summed E-state index contributed by atoms with van der Waals surface area (Å²) in [4.78, 5) is 10.8. The van der Waals surface area contributed by atoms with Crippen LogP contribution in [0, 0.1) is 0 Å². The van der Waals surface area contributed by atoms with Gasteiger partial charge in [-0.15, -0.1) is 0 Å². The van der Waals surface area contributed by atoms with E-state index in [1.54, 1.807) is 12.4 Å². The summed E-state index contributed by atoms with van der Waals surface area (Å²) < 4.78 is 5.58. The number of aromatic nitrogens is 2. The van der Waals surface area contributed by atoms with Crippen LogP contribution in [0.15, 0.2) is 12.4 Å². The molecule has 0 aromatic carbocycles. The van der Waals surface area contributed by atoms with Gasteiger partial charge in [-0.1, -0.05) is 0 Å². The van der Waals surface area contributed by atoms with Crippen molar-refractivity contribution in [2.45, 2.75) is 26.0 Å². The molecule has 1 unspecified atom stereocenters. The van der Waals surface area contributed by atoms with E-state index in [4.69, 9.17) is 10.5 Å². The summed E-state index contributed by atoms with van der Waals surface area (Å²) in [7, 11) is 0. The van der Waals surface area contributed by atoms with E-state index in [1.807, 2.05) is 0 Å². The molecule has 88 valence electrons. The summed E-state index contributed by atoms with van der Waals surface area (Å²) >= 11 is 0. The van der Waals surface area contributed by atoms with Crippen molar-refractivity contribution >= 4 is 5.95 Å². The van der Waals surface area contributed by atoms with Crippen molar-refractivity contribution in [1.82, 2.24) is 9.97 Å². The van der Waals surface area contributed by atoms with Crippen molar-refractivity contribution in [2.24, 2.45) is 5.73 Å². The fraction of sp³-hybridized carbons (Fsp3) is 0.636. The zero-order chi connectivity index (χ0) is 11.4. The van der Waals surface area contributed by atoms with Gasteiger partial charge in [-0.2, -0.15) is 0 Å². The second-order valence-electron chi connectivity index (χ2n) is 4.08. The number of hydrogen-bond acceptors (Lipinski definition) is 5. The number of anilines is 1. The van der Waals surface area contributed by atoms with Crippen LogP contribution in [0.25, 0.3) is 0 Å². The van der Waals surface area contributed by atoms with Crippen molar-refractivity contribution in [3.8, 4) is 0 Å². The number of nitrogens with two attached hydrogens (primary N) is 1. The third-order valence-electron chi connectivity index (χ3n) is 2.66. The van der Waals surface area contributed by atoms with Gasteiger partial charge in [-0.25, -0.2) is 9.97 Å². The Kier molecular flexibility index (Phi) is 3.69. The second-order valence-corrected chi connectivity index (χ2v) is 4.08. The Balaban J connectivity index is 2.09. The molecule has 0 saturated carbocycles. The first-order chi connectivity index (χ1) is 7.79. The third kappa shape index (κ3) is 2.68. The molecule has 1 aliphatic heterocycles. The highest BCUT2D eigenvalue weighted by Gasteiger charge is 2.16. The van der Waals surface area contributed by atoms with E-state index >= 15 is 0 Å². The molecule has 0 spiro atoms. The van der Waals surface area contributed by atoms with Crippen LogP contribution in [0.5, 0.6) is 0 Å². The number of rotatable bonds is 2. The van der Waals surface area contributed by atoms with Gasteiger partial charge in [-0.3, -0.25) is 0 Å². The van der Waals surface area contributed by atoms with E-state index in [2.05, 4.69) is 21.8 Å². The minimum absolute atomic E-state index is 0.236. The summed E-state index contributed by atoms with van der Waals surface area (Å²) in [5.74, 6) is 0.773. The zero-order valence-electron chi connectivity index (χ0n) is 9.59. The van der Waals surface area contributed by atoms with E-state index in [1.165, 1.54) is 0 Å². The summed E-state index contributed by atoms with van der Waals surface area (Å²) in [5, 5.41) is 0. The standard InChI is InChI=1S/C11H18N4O/c1-9-8-15(3-2-4-16-9)11-13-6-10(5-12)7-14-11/h6-7,9H,2-5,8,12H2,1H3. The SMILES string of the molecule is CC1CN(c2ncc(CN)cn2)CCCO1. The van der Waals surface area contributed by atoms with Gasteiger partial charge in [0, 0.05) is 44.2 Å². The van der Waals surface area contributed by atoms with E-state index in [0.29, 0.717) is 6.54 Å². The molecular weight excluding hydrogens is 204 g/mol. The molecule has 1 aliphatic rings. The predicted molar refractivity (Wildman–Crippen MR) is 62.2 cm³/mol. The lowest BCUT2D eigenvalue weighted by molar-refractivity contribution is 0.0820. The maximum atomic E-state index is 5.58. The van der Waals surface area contributed by atoms with Crippen molar-refractivity contribution in [2.75, 3.05) is 24.6 Å². The summed E-state index contributed by atoms with van der Waals surface area (Å²) in [6, 6.07) is 0. The molecule has 0 bridgehead atoms. The zero-order valence-corrected chi connectivity index (χ0v) is 9.59. The van der Waals surface area contributed by atoms with Gasteiger partial charge in [0.2, 0.25) is 5.95 Å². The Bertz CT molecular complexity index is 327. The molecule has 1 aromatic rings. The van der Waals surface area contributed by atoms with Crippen molar-refractivity contribution in [3.63, 3.8) is 0 Å². The molecule has 16 heavy (non-hydrogen) atoms. The smallest absolute Gasteiger partial charge is 0.225 e. The van der Waals surface area contributed by atoms with E-state index in [-0.39, 0.29) is 6.10 Å². The molecule has 1 atom stereocenters. The van der Waals surface area contributed by atoms with Gasteiger partial charge in [0.15, 0.2) is 0 Å². The molecule has 5 nitrogen and oxygen atoms in total. The van der Waals surface area contributed by atoms with Crippen molar-refractivity contribution in [3.05, 3.63) is 18.0 Å². The lowest BCUT2D eigenvalue weighted by Gasteiger charge is -2.21. The number of ether oxygens (including phenoxy) is 1. The Morgan fingerprint density at radius 2 is 2.25 bits per heavy atom. The average molecular weight is 222 g/mol. The average Bonchev–Trinajstić information content (AvgIpc) is 2.54. The maximum absolute atomic E-state index is 5.58. The van der Waals surface area contributed by atoms with Crippen LogP contribution in [0.3, 0.4) is 0 Å². The molecule has 1 saturated heterocycles. The van der Waals surface area contributed by atoms with Crippen LogP contribution < -0.4 is 10.6 Å². The molecule has 0 aliphatic carbocycles. The van der Waals surface area contributed by atoms with Crippen LogP contribution in [0.2, 0.25) is 0 Å². The quantitative estimate of drug-likeness (QED) is 0.791. The first-order valence-electron chi connectivity index (χ1n) is 5.67. The van der Waals surface area contributed by atoms with E-state index in [0.717, 1.165) is 37.6 Å². The molecule has 2 heterocycles. The van der Waals surface area contributed by atoms with Gasteiger partial charge in [0.1, 0.15) is 0 Å². The van der Waals surface area contributed by atoms with Crippen molar-refractivity contribution in [1.29, 1.82) is 0 Å². The summed E-state index contributed by atoms with van der Waals surface area (Å²) in [6.07, 6.45) is 4.84. The topological polar surface area (TPSA) is 64.3 Å². The highest BCUT2D eigenvalue weighted by Crippen LogP contribution is 2.12. The highest BCUT2D eigenvalue weighted by molar-refractivity contribution is 5.30. The molecular formula is C11H18N4O. The summed E-state index contributed by atoms with van der Waals surface area (Å²) in [5.41, 5.74) is 6.47. The molecule has 5 heteroatoms. The minimum Gasteiger partial charge on any atom is -0.377 e. The lowest BCUT2D eigenvalue weighted by Crippen LogP contribution is -2.31. The normalized spacial score (nSPS) is 21.9. The fourth-order valence-electron chi connectivity index (χ4n) is 1.79. The van der Waals surface area contributed by atoms with Gasteiger partial charge >= 0.3 is 0 Å². The van der Waals surface area contributed by atoms with Crippen LogP contribution in [-0.2, 0) is 11.3 Å². The highest BCUT2D eigenvalue weighted by atomic mass is 16.5. The molecule has 2 N–H and O–H groups in total. The Labute approximate surface area is 95.6 Å². The largest absolute Gasteiger partial charge is 0.377 e. The van der Waals surface area contributed by atoms with Gasteiger partial charge < -0.3 is 15.4 Å².